The Bertz CT molecular complexity index is 955. The Kier molecular flexibility index (Phi) is 5.67. The van der Waals surface area contributed by atoms with Crippen molar-refractivity contribution in [1.29, 1.82) is 0 Å². The molecule has 0 saturated heterocycles. The molecule has 0 saturated carbocycles. The third-order valence-corrected chi connectivity index (χ3v) is 4.71. The lowest BCUT2D eigenvalue weighted by molar-refractivity contribution is 0.0764. The number of nitrogens with zero attached hydrogens (tertiary/aromatic N) is 3. The first kappa shape index (κ1) is 19.5. The van der Waals surface area contributed by atoms with Crippen molar-refractivity contribution in [3.8, 4) is 17.2 Å². The van der Waals surface area contributed by atoms with E-state index in [2.05, 4.69) is 5.10 Å². The molecule has 1 amide bonds. The first-order valence-electron chi connectivity index (χ1n) is 8.81. The molecule has 0 spiro atoms. The van der Waals surface area contributed by atoms with Crippen LogP contribution < -0.4 is 19.8 Å². The zero-order valence-electron chi connectivity index (χ0n) is 16.4. The first-order chi connectivity index (χ1) is 13.5. The van der Waals surface area contributed by atoms with E-state index in [-0.39, 0.29) is 17.2 Å². The minimum Gasteiger partial charge on any atom is -0.496 e. The fraction of sp³-hybridized carbons (Fsp3) is 0.350. The second kappa shape index (κ2) is 8.16. The van der Waals surface area contributed by atoms with Crippen LogP contribution in [0.5, 0.6) is 17.2 Å². The van der Waals surface area contributed by atoms with Crippen molar-refractivity contribution in [2.24, 2.45) is 7.05 Å². The summed E-state index contributed by atoms with van der Waals surface area (Å²) in [6.45, 7) is 0.949. The zero-order valence-corrected chi connectivity index (χ0v) is 16.4. The predicted octanol–water partition coefficient (Wildman–Crippen LogP) is 1.74. The SMILES string of the molecule is COc1cc(OC)c(C2=CCN(C(=O)c3ccc(=O)n(C)n3)CC2)c(OC)c1. The number of aryl methyl sites for hydroxylation is 1. The summed E-state index contributed by atoms with van der Waals surface area (Å²) < 4.78 is 17.5. The highest BCUT2D eigenvalue weighted by Crippen LogP contribution is 2.40. The van der Waals surface area contributed by atoms with Crippen LogP contribution in [0.15, 0.2) is 35.1 Å². The molecule has 8 nitrogen and oxygen atoms in total. The molecule has 148 valence electrons. The number of benzene rings is 1. The molecule has 3 rings (SSSR count). The summed E-state index contributed by atoms with van der Waals surface area (Å²) in [6, 6.07) is 6.42. The van der Waals surface area contributed by atoms with Gasteiger partial charge in [-0.05, 0) is 18.1 Å². The topological polar surface area (TPSA) is 82.9 Å². The average Bonchev–Trinajstić information content (AvgIpc) is 2.74. The first-order valence-corrected chi connectivity index (χ1v) is 8.81. The van der Waals surface area contributed by atoms with Gasteiger partial charge in [0.15, 0.2) is 0 Å². The van der Waals surface area contributed by atoms with Crippen molar-refractivity contribution in [3.05, 3.63) is 52.0 Å². The van der Waals surface area contributed by atoms with Crippen LogP contribution in [0.1, 0.15) is 22.5 Å². The fourth-order valence-electron chi connectivity index (χ4n) is 3.18. The maximum Gasteiger partial charge on any atom is 0.274 e. The summed E-state index contributed by atoms with van der Waals surface area (Å²) in [7, 11) is 6.31. The number of rotatable bonds is 5. The largest absolute Gasteiger partial charge is 0.496 e. The monoisotopic (exact) mass is 385 g/mol. The van der Waals surface area contributed by atoms with Gasteiger partial charge in [-0.1, -0.05) is 6.08 Å². The van der Waals surface area contributed by atoms with Crippen molar-refractivity contribution >= 4 is 11.5 Å². The summed E-state index contributed by atoms with van der Waals surface area (Å²) in [5.41, 5.74) is 1.89. The molecular formula is C20H23N3O5. The van der Waals surface area contributed by atoms with E-state index in [1.54, 1.807) is 26.2 Å². The van der Waals surface area contributed by atoms with Crippen LogP contribution in [-0.4, -0.2) is 55.0 Å². The third kappa shape index (κ3) is 3.71. The molecule has 0 bridgehead atoms. The minimum atomic E-state index is -0.254. The lowest BCUT2D eigenvalue weighted by atomic mass is 9.97. The van der Waals surface area contributed by atoms with Crippen molar-refractivity contribution in [3.63, 3.8) is 0 Å². The molecule has 2 heterocycles. The normalized spacial score (nSPS) is 13.7. The maximum atomic E-state index is 12.7. The van der Waals surface area contributed by atoms with E-state index < -0.39 is 0 Å². The van der Waals surface area contributed by atoms with E-state index in [9.17, 15) is 9.59 Å². The molecule has 1 aromatic carbocycles. The predicted molar refractivity (Wildman–Crippen MR) is 104 cm³/mol. The quantitative estimate of drug-likeness (QED) is 0.780. The summed E-state index contributed by atoms with van der Waals surface area (Å²) in [5, 5.41) is 4.04. The second-order valence-electron chi connectivity index (χ2n) is 6.32. The molecule has 0 N–H and O–H groups in total. The van der Waals surface area contributed by atoms with E-state index in [0.29, 0.717) is 36.8 Å². The second-order valence-corrected chi connectivity index (χ2v) is 6.32. The van der Waals surface area contributed by atoms with E-state index >= 15 is 0 Å². The highest BCUT2D eigenvalue weighted by atomic mass is 16.5. The molecule has 8 heteroatoms. The Hall–Kier alpha value is -3.29. The highest BCUT2D eigenvalue weighted by molar-refractivity contribution is 5.93. The lowest BCUT2D eigenvalue weighted by Gasteiger charge is -2.27. The summed E-state index contributed by atoms with van der Waals surface area (Å²) in [6.07, 6.45) is 2.62. The Labute approximate surface area is 162 Å². The Balaban J connectivity index is 1.86. The van der Waals surface area contributed by atoms with Gasteiger partial charge in [-0.2, -0.15) is 5.10 Å². The van der Waals surface area contributed by atoms with Crippen molar-refractivity contribution in [1.82, 2.24) is 14.7 Å². The molecule has 0 atom stereocenters. The van der Waals surface area contributed by atoms with E-state index in [1.165, 1.54) is 19.2 Å². The van der Waals surface area contributed by atoms with Crippen LogP contribution in [0.2, 0.25) is 0 Å². The number of hydrogen-bond donors (Lipinski definition) is 0. The minimum absolute atomic E-state index is 0.209. The van der Waals surface area contributed by atoms with E-state index in [1.807, 2.05) is 18.2 Å². The summed E-state index contributed by atoms with van der Waals surface area (Å²) >= 11 is 0. The molecule has 1 aliphatic rings. The molecule has 28 heavy (non-hydrogen) atoms. The fourth-order valence-corrected chi connectivity index (χ4v) is 3.18. The van der Waals surface area contributed by atoms with E-state index in [4.69, 9.17) is 14.2 Å². The molecule has 0 unspecified atom stereocenters. The molecule has 1 aromatic heterocycles. The number of methoxy groups -OCH3 is 3. The molecule has 0 radical (unpaired) electrons. The van der Waals surface area contributed by atoms with Crippen LogP contribution in [-0.2, 0) is 7.05 Å². The van der Waals surface area contributed by atoms with Crippen LogP contribution in [0.3, 0.4) is 0 Å². The number of carbonyl (C=O) groups is 1. The molecule has 0 aliphatic carbocycles. The van der Waals surface area contributed by atoms with Crippen LogP contribution >= 0.6 is 0 Å². The van der Waals surface area contributed by atoms with Crippen molar-refractivity contribution in [2.45, 2.75) is 6.42 Å². The summed E-state index contributed by atoms with van der Waals surface area (Å²) in [4.78, 5) is 25.9. The van der Waals surface area contributed by atoms with Crippen LogP contribution in [0.25, 0.3) is 5.57 Å². The van der Waals surface area contributed by atoms with Gasteiger partial charge in [-0.3, -0.25) is 9.59 Å². The van der Waals surface area contributed by atoms with E-state index in [0.717, 1.165) is 15.8 Å². The maximum absolute atomic E-state index is 12.7. The number of aromatic nitrogens is 2. The van der Waals surface area contributed by atoms with Gasteiger partial charge in [0.25, 0.3) is 11.5 Å². The Morgan fingerprint density at radius 1 is 1.07 bits per heavy atom. The van der Waals surface area contributed by atoms with Crippen molar-refractivity contribution < 1.29 is 19.0 Å². The van der Waals surface area contributed by atoms with Gasteiger partial charge in [-0.15, -0.1) is 0 Å². The smallest absolute Gasteiger partial charge is 0.274 e. The Morgan fingerprint density at radius 2 is 1.75 bits per heavy atom. The summed E-state index contributed by atoms with van der Waals surface area (Å²) in [5.74, 6) is 1.75. The Morgan fingerprint density at radius 3 is 2.25 bits per heavy atom. The third-order valence-electron chi connectivity index (χ3n) is 4.71. The highest BCUT2D eigenvalue weighted by Gasteiger charge is 2.24. The molecule has 2 aromatic rings. The number of carbonyl (C=O) groups excluding carboxylic acids is 1. The molecular weight excluding hydrogens is 362 g/mol. The number of ether oxygens (including phenoxy) is 3. The van der Waals surface area contributed by atoms with Crippen molar-refractivity contribution in [2.75, 3.05) is 34.4 Å². The lowest BCUT2D eigenvalue weighted by Crippen LogP contribution is -2.36. The van der Waals surface area contributed by atoms with Gasteiger partial charge in [0.1, 0.15) is 22.9 Å². The average molecular weight is 385 g/mol. The van der Waals surface area contributed by atoms with Gasteiger partial charge >= 0.3 is 0 Å². The van der Waals surface area contributed by atoms with Gasteiger partial charge in [0, 0.05) is 38.3 Å². The van der Waals surface area contributed by atoms with Crippen LogP contribution in [0, 0.1) is 0 Å². The van der Waals surface area contributed by atoms with Gasteiger partial charge in [0.2, 0.25) is 0 Å². The number of amides is 1. The number of hydrogen-bond acceptors (Lipinski definition) is 6. The zero-order chi connectivity index (χ0) is 20.3. The standard InChI is InChI=1S/C20H23N3O5/c1-22-18(24)6-5-15(21-22)20(25)23-9-7-13(8-10-23)19-16(27-3)11-14(26-2)12-17(19)28-4/h5-7,11-12H,8-10H2,1-4H3. The van der Waals surface area contributed by atoms with Crippen LogP contribution in [0.4, 0.5) is 0 Å². The van der Waals surface area contributed by atoms with Gasteiger partial charge in [-0.25, -0.2) is 4.68 Å². The molecule has 0 fully saturated rings. The van der Waals surface area contributed by atoms with Gasteiger partial charge in [0.05, 0.1) is 26.9 Å². The van der Waals surface area contributed by atoms with Gasteiger partial charge < -0.3 is 19.1 Å². The molecule has 1 aliphatic heterocycles.